The first-order valence-corrected chi connectivity index (χ1v) is 31.3. The van der Waals surface area contributed by atoms with Crippen LogP contribution in [0.15, 0.2) is 36.5 Å². The molecule has 0 saturated heterocycles. The van der Waals surface area contributed by atoms with Gasteiger partial charge in [-0.25, -0.2) is 0 Å². The number of esters is 1. The zero-order valence-corrected chi connectivity index (χ0v) is 47.0. The van der Waals surface area contributed by atoms with Crippen molar-refractivity contribution < 1.29 is 24.5 Å². The second-order valence-corrected chi connectivity index (χ2v) is 21.4. The first kappa shape index (κ1) is 68.1. The lowest BCUT2D eigenvalue weighted by molar-refractivity contribution is -0.143. The summed E-state index contributed by atoms with van der Waals surface area (Å²) in [6.07, 6.45) is 74.8. The van der Waals surface area contributed by atoms with Crippen LogP contribution in [0.5, 0.6) is 0 Å². The lowest BCUT2D eigenvalue weighted by atomic mass is 10.0. The number of aliphatic hydroxyl groups excluding tert-OH is 2. The van der Waals surface area contributed by atoms with Crippen LogP contribution >= 0.6 is 0 Å². The molecule has 6 heteroatoms. The minimum absolute atomic E-state index is 0.0101. The molecule has 0 heterocycles. The summed E-state index contributed by atoms with van der Waals surface area (Å²) in [7, 11) is 0. The van der Waals surface area contributed by atoms with Gasteiger partial charge in [-0.3, -0.25) is 9.59 Å². The smallest absolute Gasteiger partial charge is 0.305 e. The minimum Gasteiger partial charge on any atom is -0.466 e. The van der Waals surface area contributed by atoms with Crippen LogP contribution in [0.1, 0.15) is 335 Å². The molecule has 0 rings (SSSR count). The number of unbranched alkanes of at least 4 members (excludes halogenated alkanes) is 43. The van der Waals surface area contributed by atoms with Gasteiger partial charge in [0.2, 0.25) is 5.91 Å². The first-order chi connectivity index (χ1) is 34.5. The van der Waals surface area contributed by atoms with Crippen molar-refractivity contribution in [3.8, 4) is 0 Å². The van der Waals surface area contributed by atoms with Gasteiger partial charge in [-0.2, -0.15) is 0 Å². The molecule has 0 aliphatic rings. The molecule has 6 nitrogen and oxygen atoms in total. The second-order valence-electron chi connectivity index (χ2n) is 21.4. The number of nitrogens with one attached hydrogen (secondary N) is 1. The Morgan fingerprint density at radius 3 is 1.11 bits per heavy atom. The third-order valence-corrected chi connectivity index (χ3v) is 14.4. The number of hydrogen-bond acceptors (Lipinski definition) is 5. The highest BCUT2D eigenvalue weighted by Crippen LogP contribution is 2.17. The topological polar surface area (TPSA) is 95.9 Å². The van der Waals surface area contributed by atoms with Crippen LogP contribution in [0.3, 0.4) is 0 Å². The van der Waals surface area contributed by atoms with Gasteiger partial charge in [-0.15, -0.1) is 0 Å². The summed E-state index contributed by atoms with van der Waals surface area (Å²) in [6.45, 7) is 4.88. The monoisotopic (exact) mass is 984 g/mol. The van der Waals surface area contributed by atoms with Gasteiger partial charge in [0.1, 0.15) is 0 Å². The zero-order valence-electron chi connectivity index (χ0n) is 47.0. The molecule has 0 aromatic heterocycles. The molecule has 0 aromatic rings. The van der Waals surface area contributed by atoms with E-state index in [0.717, 1.165) is 51.4 Å². The van der Waals surface area contributed by atoms with Crippen LogP contribution in [0, 0.1) is 0 Å². The van der Waals surface area contributed by atoms with E-state index in [2.05, 4.69) is 43.5 Å². The van der Waals surface area contributed by atoms with Crippen molar-refractivity contribution in [2.45, 2.75) is 347 Å². The molecular formula is C64H121NO5. The lowest BCUT2D eigenvalue weighted by Gasteiger charge is -2.20. The fourth-order valence-electron chi connectivity index (χ4n) is 9.61. The van der Waals surface area contributed by atoms with Gasteiger partial charge >= 0.3 is 5.97 Å². The molecule has 70 heavy (non-hydrogen) atoms. The van der Waals surface area contributed by atoms with Crippen molar-refractivity contribution in [2.75, 3.05) is 13.2 Å². The Balaban J connectivity index is 3.36. The number of rotatable bonds is 58. The van der Waals surface area contributed by atoms with E-state index >= 15 is 0 Å². The van der Waals surface area contributed by atoms with Gasteiger partial charge in [-0.05, 0) is 64.2 Å². The fourth-order valence-corrected chi connectivity index (χ4v) is 9.61. The highest BCUT2D eigenvalue weighted by molar-refractivity contribution is 5.76. The average molecular weight is 985 g/mol. The Kier molecular flexibility index (Phi) is 58.0. The molecule has 1 amide bonds. The minimum atomic E-state index is -0.843. The Labute approximate surface area is 436 Å². The van der Waals surface area contributed by atoms with E-state index in [1.54, 1.807) is 6.08 Å². The molecule has 0 spiro atoms. The van der Waals surface area contributed by atoms with E-state index in [9.17, 15) is 19.8 Å². The number of carbonyl (C=O) groups is 2. The van der Waals surface area contributed by atoms with Crippen molar-refractivity contribution in [3.05, 3.63) is 36.5 Å². The molecule has 0 saturated carbocycles. The standard InChI is InChI=1S/C64H121NO5/c1-3-5-7-9-11-13-15-16-17-18-24-28-31-34-38-42-46-50-54-58-64(69)70-59-55-51-47-43-39-35-32-29-26-23-21-19-20-22-25-27-30-33-37-41-45-49-53-57-63(68)65-61(60-66)62(67)56-52-48-44-40-36-14-12-10-8-6-4-2/h11,13,16-17,52,56,61-62,66-67H,3-10,12,14-15,18-51,53-55,57-60H2,1-2H3,(H,65,68)/b13-11-,17-16-,56-52+. The zero-order chi connectivity index (χ0) is 50.7. The third kappa shape index (κ3) is 55.4. The number of aliphatic hydroxyl groups is 2. The van der Waals surface area contributed by atoms with Crippen LogP contribution in [0.2, 0.25) is 0 Å². The van der Waals surface area contributed by atoms with E-state index in [1.165, 1.54) is 257 Å². The van der Waals surface area contributed by atoms with Gasteiger partial charge in [0.15, 0.2) is 0 Å². The number of allylic oxidation sites excluding steroid dienone is 5. The summed E-state index contributed by atoms with van der Waals surface area (Å²) in [4.78, 5) is 24.5. The van der Waals surface area contributed by atoms with Gasteiger partial charge < -0.3 is 20.3 Å². The number of amides is 1. The maximum absolute atomic E-state index is 12.4. The van der Waals surface area contributed by atoms with Gasteiger partial charge in [0.25, 0.3) is 0 Å². The summed E-state index contributed by atoms with van der Waals surface area (Å²) >= 11 is 0. The molecule has 0 aromatic carbocycles. The van der Waals surface area contributed by atoms with Gasteiger partial charge in [0.05, 0.1) is 25.4 Å². The molecule has 412 valence electrons. The van der Waals surface area contributed by atoms with Crippen molar-refractivity contribution in [1.29, 1.82) is 0 Å². The Morgan fingerprint density at radius 1 is 0.400 bits per heavy atom. The molecule has 0 aliphatic heterocycles. The predicted octanol–water partition coefficient (Wildman–Crippen LogP) is 19.6. The summed E-state index contributed by atoms with van der Waals surface area (Å²) < 4.78 is 5.50. The van der Waals surface area contributed by atoms with Crippen LogP contribution in [-0.2, 0) is 14.3 Å². The van der Waals surface area contributed by atoms with Crippen LogP contribution in [0.4, 0.5) is 0 Å². The molecule has 0 radical (unpaired) electrons. The largest absolute Gasteiger partial charge is 0.466 e. The van der Waals surface area contributed by atoms with Crippen LogP contribution in [0.25, 0.3) is 0 Å². The quantitative estimate of drug-likeness (QED) is 0.0321. The summed E-state index contributed by atoms with van der Waals surface area (Å²) in [5, 5.41) is 23.0. The molecule has 0 fully saturated rings. The molecule has 0 aliphatic carbocycles. The summed E-state index contributed by atoms with van der Waals surface area (Å²) in [5.74, 6) is -0.0581. The van der Waals surface area contributed by atoms with Crippen molar-refractivity contribution in [1.82, 2.24) is 5.32 Å². The van der Waals surface area contributed by atoms with Crippen molar-refractivity contribution in [2.24, 2.45) is 0 Å². The first-order valence-electron chi connectivity index (χ1n) is 31.3. The maximum Gasteiger partial charge on any atom is 0.305 e. The van der Waals surface area contributed by atoms with Crippen LogP contribution < -0.4 is 5.32 Å². The molecular weight excluding hydrogens is 863 g/mol. The second kappa shape index (κ2) is 59.6. The fraction of sp³-hybridized carbons (Fsp3) is 0.875. The van der Waals surface area contributed by atoms with Crippen molar-refractivity contribution >= 4 is 11.9 Å². The molecule has 0 bridgehead atoms. The van der Waals surface area contributed by atoms with Gasteiger partial charge in [-0.1, -0.05) is 294 Å². The SMILES string of the molecule is CCCCC/C=C\C/C=C\CCCCCCCCCCCC(=O)OCCCCCCCCCCCCCCCCCCCCCCCCCC(=O)NC(CO)C(O)/C=C/CCCCCCCCCCC. The van der Waals surface area contributed by atoms with E-state index in [0.29, 0.717) is 19.4 Å². The van der Waals surface area contributed by atoms with Gasteiger partial charge in [0, 0.05) is 12.8 Å². The molecule has 3 N–H and O–H groups in total. The number of ether oxygens (including phenoxy) is 1. The lowest BCUT2D eigenvalue weighted by Crippen LogP contribution is -2.45. The highest BCUT2D eigenvalue weighted by atomic mass is 16.5. The Hall–Kier alpha value is -1.92. The van der Waals surface area contributed by atoms with Crippen molar-refractivity contribution in [3.63, 3.8) is 0 Å². The summed E-state index contributed by atoms with van der Waals surface area (Å²) in [5.41, 5.74) is 0. The van der Waals surface area contributed by atoms with Crippen LogP contribution in [-0.4, -0.2) is 47.4 Å². The Morgan fingerprint density at radius 2 is 0.714 bits per heavy atom. The number of hydrogen-bond donors (Lipinski definition) is 3. The molecule has 2 atom stereocenters. The Bertz CT molecular complexity index is 1130. The maximum atomic E-state index is 12.4. The highest BCUT2D eigenvalue weighted by Gasteiger charge is 2.18. The van der Waals surface area contributed by atoms with E-state index in [4.69, 9.17) is 4.74 Å². The summed E-state index contributed by atoms with van der Waals surface area (Å²) in [6, 6.07) is -0.626. The van der Waals surface area contributed by atoms with E-state index in [1.807, 2.05) is 6.08 Å². The average Bonchev–Trinajstić information content (AvgIpc) is 3.36. The van der Waals surface area contributed by atoms with E-state index in [-0.39, 0.29) is 18.5 Å². The molecule has 2 unspecified atom stereocenters. The third-order valence-electron chi connectivity index (χ3n) is 14.4. The van der Waals surface area contributed by atoms with E-state index < -0.39 is 12.1 Å². The predicted molar refractivity (Wildman–Crippen MR) is 306 cm³/mol. The normalized spacial score (nSPS) is 12.8. The number of carbonyl (C=O) groups excluding carboxylic acids is 2.